The van der Waals surface area contributed by atoms with Crippen molar-refractivity contribution >= 4 is 15.9 Å². The van der Waals surface area contributed by atoms with Crippen molar-refractivity contribution in [2.24, 2.45) is 0 Å². The minimum atomic E-state index is 0.0384. The van der Waals surface area contributed by atoms with Gasteiger partial charge in [-0.15, -0.1) is 12.3 Å². The van der Waals surface area contributed by atoms with Gasteiger partial charge in [0.1, 0.15) is 0 Å². The van der Waals surface area contributed by atoms with Gasteiger partial charge in [0.2, 0.25) is 0 Å². The molecule has 0 aliphatic carbocycles. The summed E-state index contributed by atoms with van der Waals surface area (Å²) in [4.78, 5) is 0. The van der Waals surface area contributed by atoms with Crippen LogP contribution in [-0.2, 0) is 18.9 Å². The van der Waals surface area contributed by atoms with Crippen LogP contribution in [0.5, 0.6) is 0 Å². The average Bonchev–Trinajstić information content (AvgIpc) is 2.65. The number of rotatable bonds is 9. The summed E-state index contributed by atoms with van der Waals surface area (Å²) in [6, 6.07) is 0. The van der Waals surface area contributed by atoms with Crippen molar-refractivity contribution in [2.45, 2.75) is 76.8 Å². The first-order valence-electron chi connectivity index (χ1n) is 9.45. The van der Waals surface area contributed by atoms with Crippen molar-refractivity contribution < 1.29 is 18.9 Å². The first-order valence-corrected chi connectivity index (χ1v) is 10.2. The lowest BCUT2D eigenvalue weighted by Crippen LogP contribution is -2.22. The summed E-state index contributed by atoms with van der Waals surface area (Å²) in [5.74, 6) is 2.58. The molecule has 0 aromatic heterocycles. The summed E-state index contributed by atoms with van der Waals surface area (Å²) in [5, 5.41) is 0. The highest BCUT2D eigenvalue weighted by atomic mass is 79.9. The van der Waals surface area contributed by atoms with E-state index < -0.39 is 0 Å². The van der Waals surface area contributed by atoms with E-state index in [9.17, 15) is 0 Å². The number of ether oxygens (including phenoxy) is 4. The molecule has 0 aromatic carbocycles. The molecule has 2 atom stereocenters. The summed E-state index contributed by atoms with van der Waals surface area (Å²) >= 11 is 3.32. The molecule has 25 heavy (non-hydrogen) atoms. The summed E-state index contributed by atoms with van der Waals surface area (Å²) in [7, 11) is 0. The molecule has 2 saturated heterocycles. The molecule has 144 valence electrons. The smallest absolute Gasteiger partial charge is 0.157 e. The zero-order chi connectivity index (χ0) is 18.2. The number of terminal acetylenes is 1. The van der Waals surface area contributed by atoms with Crippen molar-refractivity contribution in [3.63, 3.8) is 0 Å². The fraction of sp³-hybridized carbons (Fsp3) is 0.800. The van der Waals surface area contributed by atoms with E-state index in [0.29, 0.717) is 0 Å². The molecule has 0 N–H and O–H groups in total. The predicted octanol–water partition coefficient (Wildman–Crippen LogP) is 5.16. The Morgan fingerprint density at radius 2 is 1.56 bits per heavy atom. The first kappa shape index (κ1) is 22.7. The number of unbranched alkanes of at least 4 members (excludes halogenated alkanes) is 1. The normalized spacial score (nSPS) is 23.2. The van der Waals surface area contributed by atoms with Crippen LogP contribution in [0.15, 0.2) is 11.1 Å². The summed E-state index contributed by atoms with van der Waals surface area (Å²) in [5.41, 5.74) is 0. The molecule has 0 aromatic rings. The van der Waals surface area contributed by atoms with Crippen molar-refractivity contribution in [1.82, 2.24) is 0 Å². The van der Waals surface area contributed by atoms with Gasteiger partial charge in [-0.25, -0.2) is 0 Å². The van der Waals surface area contributed by atoms with Crippen LogP contribution < -0.4 is 0 Å². The molecule has 2 aliphatic heterocycles. The summed E-state index contributed by atoms with van der Waals surface area (Å²) in [6.07, 6.45) is 15.8. The second-order valence-corrected chi connectivity index (χ2v) is 7.38. The van der Waals surface area contributed by atoms with E-state index in [1.165, 1.54) is 25.7 Å². The quantitative estimate of drug-likeness (QED) is 0.384. The van der Waals surface area contributed by atoms with Gasteiger partial charge in [-0.1, -0.05) is 22.5 Å². The molecule has 2 fully saturated rings. The molecule has 0 bridgehead atoms. The summed E-state index contributed by atoms with van der Waals surface area (Å²) in [6.45, 7) is 6.98. The largest absolute Gasteiger partial charge is 0.353 e. The minimum Gasteiger partial charge on any atom is -0.353 e. The molecule has 0 spiro atoms. The Morgan fingerprint density at radius 1 is 1.00 bits per heavy atom. The Morgan fingerprint density at radius 3 is 2.00 bits per heavy atom. The van der Waals surface area contributed by atoms with Gasteiger partial charge in [0.15, 0.2) is 12.6 Å². The van der Waals surface area contributed by atoms with E-state index in [4.69, 9.17) is 25.4 Å². The van der Waals surface area contributed by atoms with Crippen LogP contribution in [-0.4, -0.2) is 39.0 Å². The molecule has 2 heterocycles. The minimum absolute atomic E-state index is 0.0384. The fourth-order valence-corrected chi connectivity index (χ4v) is 2.83. The molecule has 0 amide bonds. The summed E-state index contributed by atoms with van der Waals surface area (Å²) < 4.78 is 22.9. The fourth-order valence-electron chi connectivity index (χ4n) is 2.55. The van der Waals surface area contributed by atoms with Gasteiger partial charge in [-0.05, 0) is 62.3 Å². The number of hydrogen-bond donors (Lipinski definition) is 0. The zero-order valence-electron chi connectivity index (χ0n) is 15.3. The molecular weight excluding hydrogens is 384 g/mol. The van der Waals surface area contributed by atoms with Gasteiger partial charge < -0.3 is 18.9 Å². The molecule has 4 nitrogen and oxygen atoms in total. The highest BCUT2D eigenvalue weighted by Crippen LogP contribution is 2.15. The maximum atomic E-state index is 5.55. The van der Waals surface area contributed by atoms with Crippen LogP contribution in [0.1, 0.15) is 64.2 Å². The van der Waals surface area contributed by atoms with E-state index in [-0.39, 0.29) is 12.6 Å². The van der Waals surface area contributed by atoms with E-state index in [1.807, 2.05) is 0 Å². The van der Waals surface area contributed by atoms with Gasteiger partial charge >= 0.3 is 0 Å². The van der Waals surface area contributed by atoms with Gasteiger partial charge in [0.05, 0.1) is 13.2 Å². The SMILES string of the molecule is C#CCCCOC1CCCCO1.C=C(Br)CCCOC1CCCCO1. The van der Waals surface area contributed by atoms with Crippen molar-refractivity contribution in [1.29, 1.82) is 0 Å². The molecule has 2 aliphatic rings. The van der Waals surface area contributed by atoms with Crippen LogP contribution >= 0.6 is 15.9 Å². The highest BCUT2D eigenvalue weighted by Gasteiger charge is 2.13. The zero-order valence-corrected chi connectivity index (χ0v) is 16.9. The third-order valence-electron chi connectivity index (χ3n) is 3.94. The van der Waals surface area contributed by atoms with Crippen LogP contribution in [0.4, 0.5) is 0 Å². The van der Waals surface area contributed by atoms with Crippen LogP contribution in [0, 0.1) is 12.3 Å². The topological polar surface area (TPSA) is 36.9 Å². The Balaban J connectivity index is 0.000000251. The lowest BCUT2D eigenvalue weighted by molar-refractivity contribution is -0.162. The highest BCUT2D eigenvalue weighted by molar-refractivity contribution is 9.11. The molecule has 5 heteroatoms. The van der Waals surface area contributed by atoms with Gasteiger partial charge in [0.25, 0.3) is 0 Å². The third-order valence-corrected chi connectivity index (χ3v) is 4.34. The monoisotopic (exact) mass is 416 g/mol. The number of hydrogen-bond acceptors (Lipinski definition) is 4. The molecule has 2 rings (SSSR count). The predicted molar refractivity (Wildman–Crippen MR) is 104 cm³/mol. The van der Waals surface area contributed by atoms with Crippen LogP contribution in [0.25, 0.3) is 0 Å². The lowest BCUT2D eigenvalue weighted by atomic mass is 10.2. The van der Waals surface area contributed by atoms with E-state index in [0.717, 1.165) is 69.4 Å². The average molecular weight is 417 g/mol. The second-order valence-electron chi connectivity index (χ2n) is 6.26. The van der Waals surface area contributed by atoms with Crippen LogP contribution in [0.2, 0.25) is 0 Å². The number of allylic oxidation sites excluding steroid dienone is 1. The van der Waals surface area contributed by atoms with Crippen molar-refractivity contribution in [3.05, 3.63) is 11.1 Å². The van der Waals surface area contributed by atoms with Crippen molar-refractivity contribution in [3.8, 4) is 12.3 Å². The standard InChI is InChI=1S/C10H17BrO2.C10H16O2/c1-9(11)5-4-8-13-10-6-2-3-7-12-10;1-2-3-5-8-11-10-7-4-6-9-12-10/h10H,1-8H2;1,10H,3-9H2. The molecule has 2 unspecified atom stereocenters. The Labute approximate surface area is 161 Å². The Kier molecular flexibility index (Phi) is 14.4. The van der Waals surface area contributed by atoms with E-state index in [2.05, 4.69) is 28.4 Å². The van der Waals surface area contributed by atoms with Gasteiger partial charge in [-0.2, -0.15) is 0 Å². The molecule has 0 radical (unpaired) electrons. The second kappa shape index (κ2) is 15.8. The lowest BCUT2D eigenvalue weighted by Gasteiger charge is -2.22. The van der Waals surface area contributed by atoms with Gasteiger partial charge in [0, 0.05) is 19.6 Å². The van der Waals surface area contributed by atoms with Crippen molar-refractivity contribution in [2.75, 3.05) is 26.4 Å². The maximum Gasteiger partial charge on any atom is 0.157 e. The first-order chi connectivity index (χ1) is 12.2. The van der Waals surface area contributed by atoms with E-state index in [1.54, 1.807) is 0 Å². The maximum absolute atomic E-state index is 5.55. The van der Waals surface area contributed by atoms with Crippen LogP contribution in [0.3, 0.4) is 0 Å². The molecule has 0 saturated carbocycles. The van der Waals surface area contributed by atoms with E-state index >= 15 is 0 Å². The van der Waals surface area contributed by atoms with Gasteiger partial charge in [-0.3, -0.25) is 0 Å². The number of halogens is 1. The third kappa shape index (κ3) is 13.5. The molecular formula is C20H33BrO4. The Hall–Kier alpha value is -0.380. The Bertz CT molecular complexity index is 368.